The number of hydrogen-bond acceptors (Lipinski definition) is 6. The summed E-state index contributed by atoms with van der Waals surface area (Å²) >= 11 is 0. The molecule has 0 saturated carbocycles. The van der Waals surface area contributed by atoms with Gasteiger partial charge >= 0.3 is 0 Å². The van der Waals surface area contributed by atoms with Crippen LogP contribution in [0, 0.1) is 10.1 Å². The number of amides is 2. The summed E-state index contributed by atoms with van der Waals surface area (Å²) in [6.07, 6.45) is 2.99. The Hall–Kier alpha value is -3.73. The quantitative estimate of drug-likeness (QED) is 0.448. The van der Waals surface area contributed by atoms with Crippen LogP contribution < -0.4 is 0 Å². The minimum Gasteiger partial charge on any atom is -0.361 e. The molecule has 10 nitrogen and oxygen atoms in total. The summed E-state index contributed by atoms with van der Waals surface area (Å²) in [5, 5.41) is 12.2. The number of benzene rings is 2. The zero-order chi connectivity index (χ0) is 23.8. The van der Waals surface area contributed by atoms with Gasteiger partial charge in [-0.25, -0.2) is 8.42 Å². The first kappa shape index (κ1) is 22.5. The summed E-state index contributed by atoms with van der Waals surface area (Å²) in [5.74, 6) is -0.561. The Kier molecular flexibility index (Phi) is 5.90. The second-order valence-electron chi connectivity index (χ2n) is 7.95. The van der Waals surface area contributed by atoms with Crippen LogP contribution in [0.4, 0.5) is 5.69 Å². The van der Waals surface area contributed by atoms with Crippen molar-refractivity contribution in [3.63, 3.8) is 0 Å². The SMILES string of the molecule is CS(=O)(=O)c1cc(C(=O)N2CCN(C(=O)Cc3c[nH]c4ccccc34)CC2)cc([N+](=O)[O-])c1. The topological polar surface area (TPSA) is 134 Å². The normalized spacial score (nSPS) is 14.5. The third-order valence-corrected chi connectivity index (χ3v) is 6.81. The van der Waals surface area contributed by atoms with Crippen molar-refractivity contribution in [3.8, 4) is 0 Å². The number of fused-ring (bicyclic) bond motifs is 1. The first-order valence-corrected chi connectivity index (χ1v) is 12.1. The maximum atomic E-state index is 12.9. The third-order valence-electron chi connectivity index (χ3n) is 5.71. The van der Waals surface area contributed by atoms with E-state index in [0.29, 0.717) is 13.1 Å². The number of carbonyl (C=O) groups excluding carboxylic acids is 2. The molecule has 1 saturated heterocycles. The molecule has 3 aromatic rings. The van der Waals surface area contributed by atoms with Crippen molar-refractivity contribution in [1.29, 1.82) is 0 Å². The molecule has 2 heterocycles. The van der Waals surface area contributed by atoms with Gasteiger partial charge in [0.1, 0.15) is 0 Å². The van der Waals surface area contributed by atoms with Gasteiger partial charge in [-0.1, -0.05) is 18.2 Å². The lowest BCUT2D eigenvalue weighted by molar-refractivity contribution is -0.385. The summed E-state index contributed by atoms with van der Waals surface area (Å²) in [4.78, 5) is 42.2. The van der Waals surface area contributed by atoms with Crippen molar-refractivity contribution >= 4 is 38.2 Å². The zero-order valence-electron chi connectivity index (χ0n) is 17.9. The van der Waals surface area contributed by atoms with Gasteiger partial charge in [-0.15, -0.1) is 0 Å². The fraction of sp³-hybridized carbons (Fsp3) is 0.273. The van der Waals surface area contributed by atoms with E-state index >= 15 is 0 Å². The Morgan fingerprint density at radius 3 is 2.39 bits per heavy atom. The standard InChI is InChI=1S/C22H22N4O6S/c1-33(31,32)18-11-15(10-17(13-18)26(29)30)22(28)25-8-6-24(7-9-25)21(27)12-16-14-23-20-5-3-2-4-19(16)20/h2-5,10-11,13-14,23H,6-9,12H2,1H3. The fourth-order valence-corrected chi connectivity index (χ4v) is 4.60. The van der Waals surface area contributed by atoms with Gasteiger partial charge in [0, 0.05) is 67.2 Å². The number of nitrogens with one attached hydrogen (secondary N) is 1. The second kappa shape index (κ2) is 8.66. The second-order valence-corrected chi connectivity index (χ2v) is 9.97. The van der Waals surface area contributed by atoms with Gasteiger partial charge in [0.05, 0.1) is 16.2 Å². The average molecular weight is 471 g/mol. The first-order valence-electron chi connectivity index (χ1n) is 10.2. The molecule has 2 amide bonds. The highest BCUT2D eigenvalue weighted by atomic mass is 32.2. The lowest BCUT2D eigenvalue weighted by Gasteiger charge is -2.35. The van der Waals surface area contributed by atoms with Crippen LogP contribution in [0.5, 0.6) is 0 Å². The number of non-ortho nitro benzene ring substituents is 1. The van der Waals surface area contributed by atoms with E-state index in [0.717, 1.165) is 40.9 Å². The van der Waals surface area contributed by atoms with Gasteiger partial charge in [0.2, 0.25) is 5.91 Å². The molecule has 1 aliphatic heterocycles. The van der Waals surface area contributed by atoms with Crippen LogP contribution >= 0.6 is 0 Å². The van der Waals surface area contributed by atoms with Crippen molar-refractivity contribution in [1.82, 2.24) is 14.8 Å². The monoisotopic (exact) mass is 470 g/mol. The molecule has 2 aromatic carbocycles. The predicted molar refractivity (Wildman–Crippen MR) is 121 cm³/mol. The minimum atomic E-state index is -3.74. The first-order chi connectivity index (χ1) is 15.6. The van der Waals surface area contributed by atoms with E-state index in [1.807, 2.05) is 30.5 Å². The third kappa shape index (κ3) is 4.72. The molecule has 33 heavy (non-hydrogen) atoms. The Bertz CT molecular complexity index is 1360. The van der Waals surface area contributed by atoms with Crippen molar-refractivity contribution in [2.24, 2.45) is 0 Å². The Labute approximate surface area is 189 Å². The number of aromatic amines is 1. The van der Waals surface area contributed by atoms with Gasteiger partial charge in [-0.05, 0) is 17.7 Å². The van der Waals surface area contributed by atoms with Crippen LogP contribution in [0.15, 0.2) is 53.6 Å². The molecule has 1 aliphatic rings. The van der Waals surface area contributed by atoms with Crippen molar-refractivity contribution in [2.45, 2.75) is 11.3 Å². The molecule has 1 aromatic heterocycles. The molecule has 11 heteroatoms. The molecule has 0 radical (unpaired) electrons. The molecule has 0 unspecified atom stereocenters. The highest BCUT2D eigenvalue weighted by Crippen LogP contribution is 2.23. The van der Waals surface area contributed by atoms with Crippen molar-refractivity contribution < 1.29 is 22.9 Å². The van der Waals surface area contributed by atoms with Gasteiger partial charge in [0.25, 0.3) is 11.6 Å². The Morgan fingerprint density at radius 2 is 1.73 bits per heavy atom. The summed E-state index contributed by atoms with van der Waals surface area (Å²) in [6, 6.07) is 10.9. The van der Waals surface area contributed by atoms with Crippen LogP contribution in [0.2, 0.25) is 0 Å². The molecule has 0 atom stereocenters. The molecular weight excluding hydrogens is 448 g/mol. The van der Waals surface area contributed by atoms with Gasteiger partial charge in [-0.2, -0.15) is 0 Å². The molecule has 0 aliphatic carbocycles. The van der Waals surface area contributed by atoms with E-state index in [-0.39, 0.29) is 35.9 Å². The van der Waals surface area contributed by atoms with E-state index in [1.54, 1.807) is 4.90 Å². The van der Waals surface area contributed by atoms with E-state index in [2.05, 4.69) is 4.98 Å². The molecule has 0 spiro atoms. The number of hydrogen-bond donors (Lipinski definition) is 1. The number of carbonyl (C=O) groups is 2. The molecule has 1 N–H and O–H groups in total. The number of rotatable bonds is 5. The van der Waals surface area contributed by atoms with Gasteiger partial charge in [0.15, 0.2) is 9.84 Å². The summed E-state index contributed by atoms with van der Waals surface area (Å²) < 4.78 is 23.8. The highest BCUT2D eigenvalue weighted by molar-refractivity contribution is 7.90. The lowest BCUT2D eigenvalue weighted by Crippen LogP contribution is -2.51. The van der Waals surface area contributed by atoms with E-state index in [4.69, 9.17) is 0 Å². The lowest BCUT2D eigenvalue weighted by atomic mass is 10.1. The number of nitrogens with zero attached hydrogens (tertiary/aromatic N) is 3. The molecular formula is C22H22N4O6S. The number of sulfone groups is 1. The number of nitro benzene ring substituents is 1. The summed E-state index contributed by atoms with van der Waals surface area (Å²) in [6.45, 7) is 1.13. The molecule has 1 fully saturated rings. The van der Waals surface area contributed by atoms with E-state index < -0.39 is 26.4 Å². The zero-order valence-corrected chi connectivity index (χ0v) is 18.7. The van der Waals surface area contributed by atoms with Crippen LogP contribution in [0.25, 0.3) is 10.9 Å². The van der Waals surface area contributed by atoms with Crippen molar-refractivity contribution in [2.75, 3.05) is 32.4 Å². The fourth-order valence-electron chi connectivity index (χ4n) is 3.92. The van der Waals surface area contributed by atoms with Gasteiger partial charge in [-0.3, -0.25) is 19.7 Å². The summed E-state index contributed by atoms with van der Waals surface area (Å²) in [7, 11) is -3.74. The maximum absolute atomic E-state index is 12.9. The van der Waals surface area contributed by atoms with Gasteiger partial charge < -0.3 is 14.8 Å². The largest absolute Gasteiger partial charge is 0.361 e. The molecule has 172 valence electrons. The van der Waals surface area contributed by atoms with Crippen LogP contribution in [0.3, 0.4) is 0 Å². The maximum Gasteiger partial charge on any atom is 0.271 e. The number of H-pyrrole nitrogens is 1. The van der Waals surface area contributed by atoms with E-state index in [1.165, 1.54) is 4.90 Å². The van der Waals surface area contributed by atoms with Crippen LogP contribution in [0.1, 0.15) is 15.9 Å². The highest BCUT2D eigenvalue weighted by Gasteiger charge is 2.27. The van der Waals surface area contributed by atoms with Crippen LogP contribution in [-0.4, -0.2) is 72.4 Å². The Balaban J connectivity index is 1.44. The number of para-hydroxylation sites is 1. The average Bonchev–Trinajstić information content (AvgIpc) is 3.20. The number of piperazine rings is 1. The smallest absolute Gasteiger partial charge is 0.271 e. The predicted octanol–water partition coefficient (Wildman–Crippen LogP) is 2.01. The number of aromatic nitrogens is 1. The minimum absolute atomic E-state index is 0.0541. The van der Waals surface area contributed by atoms with Crippen molar-refractivity contribution in [3.05, 3.63) is 69.9 Å². The van der Waals surface area contributed by atoms with E-state index in [9.17, 15) is 28.1 Å². The number of nitro groups is 1. The molecule has 0 bridgehead atoms. The Morgan fingerprint density at radius 1 is 1.06 bits per heavy atom. The summed E-state index contributed by atoms with van der Waals surface area (Å²) in [5.41, 5.74) is 1.33. The van der Waals surface area contributed by atoms with Crippen LogP contribution in [-0.2, 0) is 21.1 Å². The molecule has 4 rings (SSSR count).